The van der Waals surface area contributed by atoms with Crippen molar-refractivity contribution in [1.29, 1.82) is 0 Å². The summed E-state index contributed by atoms with van der Waals surface area (Å²) in [4.78, 5) is 13.0. The van der Waals surface area contributed by atoms with Crippen LogP contribution in [0.1, 0.15) is 11.1 Å². The van der Waals surface area contributed by atoms with Crippen LogP contribution in [0.5, 0.6) is 0 Å². The molecule has 3 aromatic rings. The number of aromatic amines is 1. The van der Waals surface area contributed by atoms with Gasteiger partial charge in [0, 0.05) is 6.20 Å². The van der Waals surface area contributed by atoms with E-state index < -0.39 is 0 Å². The maximum absolute atomic E-state index is 6.02. The average molecular weight is 244 g/mol. The molecule has 0 aromatic carbocycles. The molecule has 0 fully saturated rings. The van der Waals surface area contributed by atoms with Crippen molar-refractivity contribution in [2.75, 3.05) is 5.73 Å². The molecule has 0 bridgehead atoms. The lowest BCUT2D eigenvalue weighted by molar-refractivity contribution is 1.31. The highest BCUT2D eigenvalue weighted by Crippen LogP contribution is 2.33. The zero-order valence-electron chi connectivity index (χ0n) is 9.61. The van der Waals surface area contributed by atoms with Gasteiger partial charge in [0.05, 0.1) is 16.1 Å². The van der Waals surface area contributed by atoms with Crippen LogP contribution in [0, 0.1) is 13.8 Å². The zero-order chi connectivity index (χ0) is 12.0. The third-order valence-electron chi connectivity index (χ3n) is 2.84. The molecule has 17 heavy (non-hydrogen) atoms. The molecular weight excluding hydrogens is 232 g/mol. The summed E-state index contributed by atoms with van der Waals surface area (Å²) in [5.41, 5.74) is 10.8. The zero-order valence-corrected chi connectivity index (χ0v) is 10.4. The first-order valence-electron chi connectivity index (χ1n) is 5.32. The summed E-state index contributed by atoms with van der Waals surface area (Å²) in [6.45, 7) is 4.04. The molecule has 0 atom stereocenters. The van der Waals surface area contributed by atoms with E-state index in [0.29, 0.717) is 0 Å². The summed E-state index contributed by atoms with van der Waals surface area (Å²) in [6.07, 6.45) is 1.77. The first-order valence-corrected chi connectivity index (χ1v) is 6.20. The van der Waals surface area contributed by atoms with E-state index in [4.69, 9.17) is 5.73 Å². The molecule has 5 heteroatoms. The Hall–Kier alpha value is -1.88. The van der Waals surface area contributed by atoms with E-state index in [1.54, 1.807) is 17.5 Å². The van der Waals surface area contributed by atoms with Crippen molar-refractivity contribution in [1.82, 2.24) is 15.0 Å². The predicted molar refractivity (Wildman–Crippen MR) is 71.1 cm³/mol. The van der Waals surface area contributed by atoms with E-state index in [0.717, 1.165) is 38.7 Å². The number of hydrogen-bond acceptors (Lipinski definition) is 4. The Morgan fingerprint density at radius 3 is 2.76 bits per heavy atom. The minimum absolute atomic E-state index is 0.741. The third kappa shape index (κ3) is 1.51. The van der Waals surface area contributed by atoms with Crippen molar-refractivity contribution >= 4 is 28.2 Å². The number of hydrogen-bond donors (Lipinski definition) is 2. The molecule has 0 saturated heterocycles. The summed E-state index contributed by atoms with van der Waals surface area (Å²) >= 11 is 1.60. The molecule has 0 aliphatic heterocycles. The lowest BCUT2D eigenvalue weighted by Gasteiger charge is -1.94. The fourth-order valence-electron chi connectivity index (χ4n) is 1.78. The van der Waals surface area contributed by atoms with Crippen molar-refractivity contribution in [3.8, 4) is 10.7 Å². The molecule has 0 unspecified atom stereocenters. The minimum atomic E-state index is 0.741. The van der Waals surface area contributed by atoms with Crippen LogP contribution in [0.2, 0.25) is 0 Å². The predicted octanol–water partition coefficient (Wildman–Crippen LogP) is 2.89. The molecule has 0 saturated carbocycles. The van der Waals surface area contributed by atoms with Gasteiger partial charge in [-0.15, -0.1) is 11.3 Å². The van der Waals surface area contributed by atoms with Crippen molar-refractivity contribution in [3.63, 3.8) is 0 Å². The second kappa shape index (κ2) is 3.56. The van der Waals surface area contributed by atoms with Crippen molar-refractivity contribution in [2.24, 2.45) is 0 Å². The van der Waals surface area contributed by atoms with E-state index in [9.17, 15) is 0 Å². The molecular formula is C12H12N4S. The molecule has 3 heterocycles. The Bertz CT molecular complexity index is 696. The normalized spacial score (nSPS) is 11.2. The van der Waals surface area contributed by atoms with E-state index >= 15 is 0 Å². The molecule has 3 rings (SSSR count). The molecule has 3 N–H and O–H groups in total. The topological polar surface area (TPSA) is 67.6 Å². The molecule has 4 nitrogen and oxygen atoms in total. The van der Waals surface area contributed by atoms with Crippen LogP contribution in [-0.2, 0) is 0 Å². The second-order valence-corrected chi connectivity index (χ2v) is 4.95. The number of aryl methyl sites for hydroxylation is 2. The summed E-state index contributed by atoms with van der Waals surface area (Å²) in [7, 11) is 0. The Labute approximate surface area is 103 Å². The van der Waals surface area contributed by atoms with Gasteiger partial charge in [-0.25, -0.2) is 9.97 Å². The molecule has 3 aromatic heterocycles. The molecule has 0 amide bonds. The van der Waals surface area contributed by atoms with Crippen LogP contribution in [-0.4, -0.2) is 15.0 Å². The maximum Gasteiger partial charge on any atom is 0.178 e. The first kappa shape index (κ1) is 10.3. The van der Waals surface area contributed by atoms with Crippen LogP contribution >= 0.6 is 11.3 Å². The Morgan fingerprint density at radius 1 is 1.29 bits per heavy atom. The number of nitrogen functional groups attached to an aromatic ring is 1. The third-order valence-corrected chi connectivity index (χ3v) is 3.96. The van der Waals surface area contributed by atoms with Crippen LogP contribution in [0.15, 0.2) is 17.6 Å². The van der Waals surface area contributed by atoms with Crippen molar-refractivity contribution in [3.05, 3.63) is 28.8 Å². The number of H-pyrrole nitrogens is 1. The quantitative estimate of drug-likeness (QED) is 0.691. The monoisotopic (exact) mass is 244 g/mol. The van der Waals surface area contributed by atoms with Gasteiger partial charge in [0.2, 0.25) is 0 Å². The number of aromatic nitrogens is 3. The molecule has 0 spiro atoms. The number of nitrogens with zero attached hydrogens (tertiary/aromatic N) is 2. The van der Waals surface area contributed by atoms with Gasteiger partial charge in [0.15, 0.2) is 11.5 Å². The molecule has 0 aliphatic rings. The summed E-state index contributed by atoms with van der Waals surface area (Å²) < 4.78 is 0. The van der Waals surface area contributed by atoms with E-state index in [-0.39, 0.29) is 0 Å². The van der Waals surface area contributed by atoms with Gasteiger partial charge in [-0.1, -0.05) is 0 Å². The van der Waals surface area contributed by atoms with Crippen LogP contribution < -0.4 is 5.73 Å². The largest absolute Gasteiger partial charge is 0.397 e. The number of thiophene rings is 1. The SMILES string of the molecule is Cc1csc(-c2nc3nccc(C)c3[nH]2)c1N. The van der Waals surface area contributed by atoms with Gasteiger partial charge < -0.3 is 10.7 Å². The summed E-state index contributed by atoms with van der Waals surface area (Å²) in [5, 5.41) is 2.04. The van der Waals surface area contributed by atoms with Crippen LogP contribution in [0.3, 0.4) is 0 Å². The fourth-order valence-corrected chi connectivity index (χ4v) is 2.70. The number of imidazole rings is 1. The number of nitrogens with one attached hydrogen (secondary N) is 1. The van der Waals surface area contributed by atoms with Crippen LogP contribution in [0.25, 0.3) is 21.9 Å². The lowest BCUT2D eigenvalue weighted by atomic mass is 10.3. The molecule has 0 radical (unpaired) electrons. The van der Waals surface area contributed by atoms with E-state index in [1.165, 1.54) is 0 Å². The Balaban J connectivity index is 2.25. The molecule has 0 aliphatic carbocycles. The smallest absolute Gasteiger partial charge is 0.178 e. The van der Waals surface area contributed by atoms with Gasteiger partial charge in [-0.05, 0) is 36.4 Å². The van der Waals surface area contributed by atoms with Gasteiger partial charge >= 0.3 is 0 Å². The van der Waals surface area contributed by atoms with Crippen molar-refractivity contribution < 1.29 is 0 Å². The highest BCUT2D eigenvalue weighted by molar-refractivity contribution is 7.14. The van der Waals surface area contributed by atoms with Gasteiger partial charge in [0.1, 0.15) is 0 Å². The maximum atomic E-state index is 6.02. The lowest BCUT2D eigenvalue weighted by Crippen LogP contribution is -1.88. The highest BCUT2D eigenvalue weighted by atomic mass is 32.1. The second-order valence-electron chi connectivity index (χ2n) is 4.07. The van der Waals surface area contributed by atoms with Crippen LogP contribution in [0.4, 0.5) is 5.69 Å². The number of fused-ring (bicyclic) bond motifs is 1. The number of nitrogens with two attached hydrogens (primary N) is 1. The Kier molecular flexibility index (Phi) is 2.16. The number of pyridine rings is 1. The van der Waals surface area contributed by atoms with Crippen molar-refractivity contribution in [2.45, 2.75) is 13.8 Å². The first-order chi connectivity index (χ1) is 8.16. The number of anilines is 1. The minimum Gasteiger partial charge on any atom is -0.397 e. The van der Waals surface area contributed by atoms with Gasteiger partial charge in [0.25, 0.3) is 0 Å². The standard InChI is InChI=1S/C12H12N4S/c1-6-3-4-14-11-9(6)15-12(16-11)10-8(13)7(2)5-17-10/h3-5H,13H2,1-2H3,(H,14,15,16). The van der Waals surface area contributed by atoms with Gasteiger partial charge in [-0.3, -0.25) is 0 Å². The number of rotatable bonds is 1. The Morgan fingerprint density at radius 2 is 2.12 bits per heavy atom. The van der Waals surface area contributed by atoms with E-state index in [2.05, 4.69) is 15.0 Å². The van der Waals surface area contributed by atoms with E-state index in [1.807, 2.05) is 25.3 Å². The highest BCUT2D eigenvalue weighted by Gasteiger charge is 2.13. The average Bonchev–Trinajstić information content (AvgIpc) is 2.85. The summed E-state index contributed by atoms with van der Waals surface area (Å²) in [5.74, 6) is 0.803. The summed E-state index contributed by atoms with van der Waals surface area (Å²) in [6, 6.07) is 1.97. The van der Waals surface area contributed by atoms with Gasteiger partial charge in [-0.2, -0.15) is 0 Å². The molecule has 86 valence electrons. The fraction of sp³-hybridized carbons (Fsp3) is 0.167.